The van der Waals surface area contributed by atoms with Crippen LogP contribution in [0.25, 0.3) is 0 Å². The summed E-state index contributed by atoms with van der Waals surface area (Å²) in [5, 5.41) is 10.4. The van der Waals surface area contributed by atoms with Crippen molar-refractivity contribution >= 4 is 17.5 Å². The molecular formula is C9H13ClN4O. The van der Waals surface area contributed by atoms with E-state index < -0.39 is 0 Å². The van der Waals surface area contributed by atoms with Gasteiger partial charge in [-0.2, -0.15) is 5.10 Å². The zero-order valence-electron chi connectivity index (χ0n) is 8.46. The first kappa shape index (κ1) is 10.4. The maximum Gasteiger partial charge on any atom is 0.256 e. The van der Waals surface area contributed by atoms with Crippen LogP contribution in [0.15, 0.2) is 6.20 Å². The lowest BCUT2D eigenvalue weighted by molar-refractivity contribution is 0.0940. The summed E-state index contributed by atoms with van der Waals surface area (Å²) >= 11 is 5.91. The van der Waals surface area contributed by atoms with Crippen molar-refractivity contribution in [3.8, 4) is 0 Å². The molecule has 0 radical (unpaired) electrons. The minimum atomic E-state index is -0.151. The van der Waals surface area contributed by atoms with Crippen LogP contribution in [0.3, 0.4) is 0 Å². The summed E-state index contributed by atoms with van der Waals surface area (Å²) in [5.41, 5.74) is 0.436. The molecule has 5 nitrogen and oxygen atoms in total. The zero-order chi connectivity index (χ0) is 10.8. The number of nitrogens with one attached hydrogen (secondary N) is 2. The molecule has 1 aliphatic heterocycles. The van der Waals surface area contributed by atoms with Crippen LogP contribution in [0.1, 0.15) is 16.8 Å². The molecule has 2 N–H and O–H groups in total. The third-order valence-electron chi connectivity index (χ3n) is 2.51. The van der Waals surface area contributed by atoms with Crippen molar-refractivity contribution in [3.63, 3.8) is 0 Å². The highest BCUT2D eigenvalue weighted by molar-refractivity contribution is 6.32. The van der Waals surface area contributed by atoms with E-state index >= 15 is 0 Å². The standard InChI is InChI=1S/C9H13ClN4O/c1-14-8(10)7(5-12-14)9(15)13-6-2-3-11-4-6/h5-6,11H,2-4H2,1H3,(H,13,15). The molecule has 15 heavy (non-hydrogen) atoms. The second-order valence-electron chi connectivity index (χ2n) is 3.64. The van der Waals surface area contributed by atoms with E-state index in [1.54, 1.807) is 7.05 Å². The Balaban J connectivity index is 2.04. The van der Waals surface area contributed by atoms with E-state index in [0.717, 1.165) is 19.5 Å². The lowest BCUT2D eigenvalue weighted by Gasteiger charge is -2.10. The van der Waals surface area contributed by atoms with Gasteiger partial charge in [0.2, 0.25) is 0 Å². The van der Waals surface area contributed by atoms with E-state index in [4.69, 9.17) is 11.6 Å². The highest BCUT2D eigenvalue weighted by Gasteiger charge is 2.20. The molecule has 1 aliphatic rings. The van der Waals surface area contributed by atoms with E-state index in [9.17, 15) is 4.79 Å². The van der Waals surface area contributed by atoms with Gasteiger partial charge in [-0.3, -0.25) is 9.48 Å². The van der Waals surface area contributed by atoms with Gasteiger partial charge in [-0.15, -0.1) is 0 Å². The quantitative estimate of drug-likeness (QED) is 0.759. The van der Waals surface area contributed by atoms with Gasteiger partial charge in [0.15, 0.2) is 0 Å². The molecule has 0 spiro atoms. The van der Waals surface area contributed by atoms with Crippen LogP contribution in [-0.2, 0) is 7.05 Å². The predicted octanol–water partition coefficient (Wildman–Crippen LogP) is 0.165. The topological polar surface area (TPSA) is 59.0 Å². The molecule has 0 saturated carbocycles. The van der Waals surface area contributed by atoms with Crippen molar-refractivity contribution in [1.82, 2.24) is 20.4 Å². The molecule has 1 aromatic heterocycles. The number of carbonyl (C=O) groups excluding carboxylic acids is 1. The second kappa shape index (κ2) is 4.20. The minimum Gasteiger partial charge on any atom is -0.348 e. The Labute approximate surface area is 92.8 Å². The molecule has 0 bridgehead atoms. The number of amides is 1. The van der Waals surface area contributed by atoms with Gasteiger partial charge >= 0.3 is 0 Å². The molecule has 2 heterocycles. The van der Waals surface area contributed by atoms with Crippen LogP contribution in [-0.4, -0.2) is 34.8 Å². The maximum atomic E-state index is 11.8. The number of halogens is 1. The summed E-state index contributed by atoms with van der Waals surface area (Å²) in [6.45, 7) is 1.77. The van der Waals surface area contributed by atoms with Crippen LogP contribution in [0.4, 0.5) is 0 Å². The number of aryl methyl sites for hydroxylation is 1. The van der Waals surface area contributed by atoms with E-state index in [-0.39, 0.29) is 11.9 Å². The second-order valence-corrected chi connectivity index (χ2v) is 3.99. The third-order valence-corrected chi connectivity index (χ3v) is 2.95. The van der Waals surface area contributed by atoms with Crippen LogP contribution in [0.2, 0.25) is 5.15 Å². The Morgan fingerprint density at radius 3 is 3.13 bits per heavy atom. The Kier molecular flexibility index (Phi) is 2.93. The molecule has 1 aromatic rings. The largest absolute Gasteiger partial charge is 0.348 e. The van der Waals surface area contributed by atoms with Crippen LogP contribution in [0, 0.1) is 0 Å². The highest BCUT2D eigenvalue weighted by atomic mass is 35.5. The fourth-order valence-corrected chi connectivity index (χ4v) is 1.79. The van der Waals surface area contributed by atoms with Gasteiger partial charge in [0.25, 0.3) is 5.91 Å². The number of carbonyl (C=O) groups is 1. The van der Waals surface area contributed by atoms with Gasteiger partial charge < -0.3 is 10.6 Å². The number of hydrogen-bond donors (Lipinski definition) is 2. The highest BCUT2D eigenvalue weighted by Crippen LogP contribution is 2.14. The van der Waals surface area contributed by atoms with Crippen molar-refractivity contribution in [2.24, 2.45) is 7.05 Å². The Bertz CT molecular complexity index is 370. The molecule has 1 unspecified atom stereocenters. The molecule has 0 aromatic carbocycles. The monoisotopic (exact) mass is 228 g/mol. The maximum absolute atomic E-state index is 11.8. The summed E-state index contributed by atoms with van der Waals surface area (Å²) in [4.78, 5) is 11.8. The smallest absolute Gasteiger partial charge is 0.256 e. The predicted molar refractivity (Wildman–Crippen MR) is 57.0 cm³/mol. The first-order chi connectivity index (χ1) is 7.18. The van der Waals surface area contributed by atoms with Crippen LogP contribution >= 0.6 is 11.6 Å². The molecule has 0 aliphatic carbocycles. The summed E-state index contributed by atoms with van der Waals surface area (Å²) in [6.07, 6.45) is 2.45. The van der Waals surface area contributed by atoms with Gasteiger partial charge in [0.05, 0.1) is 11.8 Å². The van der Waals surface area contributed by atoms with Crippen molar-refractivity contribution in [2.75, 3.05) is 13.1 Å². The normalized spacial score (nSPS) is 20.5. The SMILES string of the molecule is Cn1ncc(C(=O)NC2CCNC2)c1Cl. The van der Waals surface area contributed by atoms with Crippen LogP contribution < -0.4 is 10.6 Å². The fourth-order valence-electron chi connectivity index (χ4n) is 1.62. The minimum absolute atomic E-state index is 0.151. The molecule has 6 heteroatoms. The third kappa shape index (κ3) is 2.13. The average molecular weight is 229 g/mol. The molecule has 1 atom stereocenters. The Hall–Kier alpha value is -1.07. The number of hydrogen-bond acceptors (Lipinski definition) is 3. The molecule has 1 saturated heterocycles. The van der Waals surface area contributed by atoms with Crippen molar-refractivity contribution in [3.05, 3.63) is 16.9 Å². The number of aromatic nitrogens is 2. The zero-order valence-corrected chi connectivity index (χ0v) is 9.21. The summed E-state index contributed by atoms with van der Waals surface area (Å²) < 4.78 is 1.48. The molecule has 2 rings (SSSR count). The number of nitrogens with zero attached hydrogens (tertiary/aromatic N) is 2. The van der Waals surface area contributed by atoms with E-state index in [0.29, 0.717) is 10.7 Å². The van der Waals surface area contributed by atoms with Crippen molar-refractivity contribution in [2.45, 2.75) is 12.5 Å². The summed E-state index contributed by atoms with van der Waals surface area (Å²) in [7, 11) is 1.70. The molecule has 1 amide bonds. The van der Waals surface area contributed by atoms with Gasteiger partial charge in [0.1, 0.15) is 5.15 Å². The average Bonchev–Trinajstić information content (AvgIpc) is 2.79. The van der Waals surface area contributed by atoms with E-state index in [1.165, 1.54) is 10.9 Å². The number of rotatable bonds is 2. The summed E-state index contributed by atoms with van der Waals surface area (Å²) in [6, 6.07) is 0.203. The molecule has 1 fully saturated rings. The lowest BCUT2D eigenvalue weighted by atomic mass is 10.2. The van der Waals surface area contributed by atoms with Gasteiger partial charge in [-0.05, 0) is 13.0 Å². The first-order valence-electron chi connectivity index (χ1n) is 4.87. The lowest BCUT2D eigenvalue weighted by Crippen LogP contribution is -2.36. The van der Waals surface area contributed by atoms with Gasteiger partial charge in [0, 0.05) is 19.6 Å². The van der Waals surface area contributed by atoms with Crippen molar-refractivity contribution in [1.29, 1.82) is 0 Å². The Morgan fingerprint density at radius 1 is 1.80 bits per heavy atom. The first-order valence-corrected chi connectivity index (χ1v) is 5.25. The van der Waals surface area contributed by atoms with Crippen LogP contribution in [0.5, 0.6) is 0 Å². The molecule has 82 valence electrons. The van der Waals surface area contributed by atoms with E-state index in [1.807, 2.05) is 0 Å². The fraction of sp³-hybridized carbons (Fsp3) is 0.556. The van der Waals surface area contributed by atoms with E-state index in [2.05, 4.69) is 15.7 Å². The van der Waals surface area contributed by atoms with Gasteiger partial charge in [-0.25, -0.2) is 0 Å². The molecular weight excluding hydrogens is 216 g/mol. The Morgan fingerprint density at radius 2 is 2.60 bits per heavy atom. The van der Waals surface area contributed by atoms with Crippen molar-refractivity contribution < 1.29 is 4.79 Å². The van der Waals surface area contributed by atoms with Gasteiger partial charge in [-0.1, -0.05) is 11.6 Å². The summed E-state index contributed by atoms with van der Waals surface area (Å²) in [5.74, 6) is -0.151.